The molecule has 0 aliphatic heterocycles. The zero-order chi connectivity index (χ0) is 19.0. The maximum Gasteiger partial charge on any atom is 0.141 e. The second kappa shape index (κ2) is 6.66. The summed E-state index contributed by atoms with van der Waals surface area (Å²) in [5, 5.41) is 0. The lowest BCUT2D eigenvalue weighted by molar-refractivity contribution is 0.590. The molecule has 0 aliphatic rings. The molecule has 4 rings (SSSR count). The summed E-state index contributed by atoms with van der Waals surface area (Å²) in [6.07, 6.45) is 0. The molecule has 2 nitrogen and oxygen atoms in total. The lowest BCUT2D eigenvalue weighted by Crippen LogP contribution is -2.11. The monoisotopic (exact) mass is 358 g/mol. The summed E-state index contributed by atoms with van der Waals surface area (Å²) in [5.74, 6) is 0.621. The van der Waals surface area contributed by atoms with Crippen molar-refractivity contribution in [3.8, 4) is 11.4 Å². The molecule has 1 heterocycles. The summed E-state index contributed by atoms with van der Waals surface area (Å²) in [7, 11) is 0. The Morgan fingerprint density at radius 3 is 2.19 bits per heavy atom. The highest BCUT2D eigenvalue weighted by Gasteiger charge is 2.15. The number of para-hydroxylation sites is 2. The number of nitrogens with zero attached hydrogens (tertiary/aromatic N) is 2. The smallest absolute Gasteiger partial charge is 0.141 e. The van der Waals surface area contributed by atoms with Crippen molar-refractivity contribution < 1.29 is 4.39 Å². The largest absolute Gasteiger partial charge is 0.319 e. The first-order valence-corrected chi connectivity index (χ1v) is 9.22. The molecule has 0 spiro atoms. The molecule has 3 aromatic carbocycles. The Bertz CT molecular complexity index is 1070. The van der Waals surface area contributed by atoms with Gasteiger partial charge in [-0.2, -0.15) is 0 Å². The van der Waals surface area contributed by atoms with Gasteiger partial charge in [0.15, 0.2) is 0 Å². The lowest BCUT2D eigenvalue weighted by Gasteiger charge is -2.19. The van der Waals surface area contributed by atoms with Gasteiger partial charge in [0.25, 0.3) is 0 Å². The van der Waals surface area contributed by atoms with Crippen molar-refractivity contribution in [2.75, 3.05) is 0 Å². The highest BCUT2D eigenvalue weighted by atomic mass is 19.1. The summed E-state index contributed by atoms with van der Waals surface area (Å²) >= 11 is 0. The fraction of sp³-hybridized carbons (Fsp3) is 0.208. The highest BCUT2D eigenvalue weighted by Crippen LogP contribution is 2.27. The maximum atomic E-state index is 13.4. The summed E-state index contributed by atoms with van der Waals surface area (Å²) in [6, 6.07) is 23.4. The Labute approximate surface area is 159 Å². The average molecular weight is 358 g/mol. The van der Waals surface area contributed by atoms with Crippen molar-refractivity contribution in [2.24, 2.45) is 0 Å². The van der Waals surface area contributed by atoms with Crippen LogP contribution in [0.15, 0.2) is 72.8 Å². The predicted molar refractivity (Wildman–Crippen MR) is 109 cm³/mol. The quantitative estimate of drug-likeness (QED) is 0.427. The molecule has 0 saturated carbocycles. The molecule has 1 aromatic heterocycles. The first-order chi connectivity index (χ1) is 12.9. The van der Waals surface area contributed by atoms with Gasteiger partial charge < -0.3 is 4.57 Å². The molecular formula is C24H23FN2. The first kappa shape index (κ1) is 17.5. The van der Waals surface area contributed by atoms with E-state index in [1.165, 1.54) is 23.3 Å². The van der Waals surface area contributed by atoms with Gasteiger partial charge in [0, 0.05) is 12.1 Å². The average Bonchev–Trinajstić information content (AvgIpc) is 3.01. The topological polar surface area (TPSA) is 17.8 Å². The minimum atomic E-state index is -0.237. The van der Waals surface area contributed by atoms with Crippen LogP contribution in [0.3, 0.4) is 0 Å². The lowest BCUT2D eigenvalue weighted by atomic mass is 9.87. The normalized spacial score (nSPS) is 11.9. The number of rotatable bonds is 3. The Balaban J connectivity index is 1.78. The van der Waals surface area contributed by atoms with Gasteiger partial charge >= 0.3 is 0 Å². The third kappa shape index (κ3) is 3.50. The Hall–Kier alpha value is -2.94. The van der Waals surface area contributed by atoms with E-state index in [1.54, 1.807) is 12.1 Å². The number of benzene rings is 3. The Kier molecular flexibility index (Phi) is 4.31. The number of hydrogen-bond acceptors (Lipinski definition) is 1. The summed E-state index contributed by atoms with van der Waals surface area (Å²) < 4.78 is 15.6. The Morgan fingerprint density at radius 2 is 1.52 bits per heavy atom. The van der Waals surface area contributed by atoms with Crippen molar-refractivity contribution in [3.63, 3.8) is 0 Å². The molecule has 0 atom stereocenters. The number of imidazole rings is 1. The zero-order valence-corrected chi connectivity index (χ0v) is 15.9. The van der Waals surface area contributed by atoms with Crippen LogP contribution >= 0.6 is 0 Å². The van der Waals surface area contributed by atoms with Gasteiger partial charge in [-0.05, 0) is 52.9 Å². The van der Waals surface area contributed by atoms with Crippen molar-refractivity contribution in [2.45, 2.75) is 32.7 Å². The second-order valence-corrected chi connectivity index (χ2v) is 7.96. The molecule has 0 unspecified atom stereocenters. The van der Waals surface area contributed by atoms with Gasteiger partial charge in [-0.25, -0.2) is 9.37 Å². The van der Waals surface area contributed by atoms with E-state index in [-0.39, 0.29) is 11.2 Å². The molecule has 0 amide bonds. The van der Waals surface area contributed by atoms with Crippen LogP contribution < -0.4 is 0 Å². The summed E-state index contributed by atoms with van der Waals surface area (Å²) in [6.45, 7) is 7.38. The minimum Gasteiger partial charge on any atom is -0.319 e. The molecule has 0 saturated heterocycles. The third-order valence-electron chi connectivity index (χ3n) is 4.92. The first-order valence-electron chi connectivity index (χ1n) is 9.22. The molecule has 0 radical (unpaired) electrons. The number of aromatic nitrogens is 2. The van der Waals surface area contributed by atoms with Crippen molar-refractivity contribution in [3.05, 3.63) is 89.7 Å². The molecule has 0 aliphatic carbocycles. The number of fused-ring (bicyclic) bond motifs is 1. The van der Waals surface area contributed by atoms with Gasteiger partial charge in [0.05, 0.1) is 11.0 Å². The van der Waals surface area contributed by atoms with Crippen molar-refractivity contribution in [1.29, 1.82) is 0 Å². The van der Waals surface area contributed by atoms with Gasteiger partial charge in [-0.1, -0.05) is 57.2 Å². The summed E-state index contributed by atoms with van der Waals surface area (Å²) in [5.41, 5.74) is 5.62. The van der Waals surface area contributed by atoms with E-state index in [2.05, 4.69) is 55.7 Å². The van der Waals surface area contributed by atoms with E-state index < -0.39 is 0 Å². The van der Waals surface area contributed by atoms with Gasteiger partial charge in [0.1, 0.15) is 11.6 Å². The van der Waals surface area contributed by atoms with E-state index in [1.807, 2.05) is 18.2 Å². The molecule has 136 valence electrons. The van der Waals surface area contributed by atoms with E-state index in [4.69, 9.17) is 4.98 Å². The molecule has 0 N–H and O–H groups in total. The van der Waals surface area contributed by atoms with E-state index in [9.17, 15) is 4.39 Å². The van der Waals surface area contributed by atoms with Crippen LogP contribution in [0.1, 0.15) is 31.9 Å². The van der Waals surface area contributed by atoms with Crippen molar-refractivity contribution >= 4 is 11.0 Å². The molecular weight excluding hydrogens is 335 g/mol. The Morgan fingerprint density at radius 1 is 0.852 bits per heavy atom. The van der Waals surface area contributed by atoms with E-state index in [0.717, 1.165) is 29.0 Å². The fourth-order valence-corrected chi connectivity index (χ4v) is 3.35. The highest BCUT2D eigenvalue weighted by molar-refractivity contribution is 5.80. The van der Waals surface area contributed by atoms with Crippen LogP contribution in [0, 0.1) is 5.82 Å². The van der Waals surface area contributed by atoms with Crippen molar-refractivity contribution in [1.82, 2.24) is 9.55 Å². The number of halogens is 1. The predicted octanol–water partition coefficient (Wildman–Crippen LogP) is 6.19. The maximum absolute atomic E-state index is 13.4. The van der Waals surface area contributed by atoms with Crippen LogP contribution in [0.5, 0.6) is 0 Å². The number of hydrogen-bond donors (Lipinski definition) is 0. The SMILES string of the molecule is CC(C)(C)c1ccc(Cn2c(-c3ccc(F)cc3)nc3ccccc32)cc1. The van der Waals surface area contributed by atoms with E-state index >= 15 is 0 Å². The second-order valence-electron chi connectivity index (χ2n) is 7.96. The fourth-order valence-electron chi connectivity index (χ4n) is 3.35. The van der Waals surface area contributed by atoms with Crippen LogP contribution in [-0.2, 0) is 12.0 Å². The van der Waals surface area contributed by atoms with Gasteiger partial charge in [-0.15, -0.1) is 0 Å². The third-order valence-corrected chi connectivity index (χ3v) is 4.92. The molecule has 27 heavy (non-hydrogen) atoms. The minimum absolute atomic E-state index is 0.138. The molecule has 3 heteroatoms. The van der Waals surface area contributed by atoms with Gasteiger partial charge in [-0.3, -0.25) is 0 Å². The molecule has 0 bridgehead atoms. The standard InChI is InChI=1S/C24H23FN2/c1-24(2,3)19-12-8-17(9-13-19)16-27-22-7-5-4-6-21(22)26-23(27)18-10-14-20(25)15-11-18/h4-15H,16H2,1-3H3. The van der Waals surface area contributed by atoms with Gasteiger partial charge in [0.2, 0.25) is 0 Å². The zero-order valence-electron chi connectivity index (χ0n) is 15.9. The van der Waals surface area contributed by atoms with Crippen LogP contribution in [0.4, 0.5) is 4.39 Å². The van der Waals surface area contributed by atoms with E-state index in [0.29, 0.717) is 0 Å². The van der Waals surface area contributed by atoms with Crippen LogP contribution in [0.25, 0.3) is 22.4 Å². The summed E-state index contributed by atoms with van der Waals surface area (Å²) in [4.78, 5) is 4.81. The molecule has 0 fully saturated rings. The molecule has 4 aromatic rings. The van der Waals surface area contributed by atoms with Crippen LogP contribution in [0.2, 0.25) is 0 Å². The van der Waals surface area contributed by atoms with Crippen LogP contribution in [-0.4, -0.2) is 9.55 Å².